The maximum Gasteiger partial charge on any atom is 0.400 e. The number of aliphatic imine (C=N–C) groups is 1. The van der Waals surface area contributed by atoms with Gasteiger partial charge in [0.15, 0.2) is 5.11 Å². The number of alkyl halides is 3. The van der Waals surface area contributed by atoms with Gasteiger partial charge >= 0.3 is 6.18 Å². The number of halogens is 5. The van der Waals surface area contributed by atoms with E-state index in [9.17, 15) is 13.2 Å². The molecular weight excluding hydrogens is 480 g/mol. The molecule has 0 spiro atoms. The van der Waals surface area contributed by atoms with Crippen LogP contribution in [-0.2, 0) is 5.41 Å². The number of hydrogen-bond acceptors (Lipinski definition) is 3. The van der Waals surface area contributed by atoms with Gasteiger partial charge in [-0.3, -0.25) is 4.99 Å². The fourth-order valence-electron chi connectivity index (χ4n) is 3.62. The summed E-state index contributed by atoms with van der Waals surface area (Å²) in [6.45, 7) is 3.81. The third kappa shape index (κ3) is 4.92. The van der Waals surface area contributed by atoms with E-state index in [0.717, 1.165) is 11.1 Å². The van der Waals surface area contributed by atoms with E-state index in [-0.39, 0.29) is 27.1 Å². The first-order chi connectivity index (χ1) is 15.0. The van der Waals surface area contributed by atoms with Crippen LogP contribution in [0.1, 0.15) is 35.6 Å². The Kier molecular flexibility index (Phi) is 7.17. The van der Waals surface area contributed by atoms with Crippen LogP contribution in [0.25, 0.3) is 0 Å². The maximum atomic E-state index is 14.3. The van der Waals surface area contributed by atoms with Gasteiger partial charge in [-0.15, -0.1) is 0 Å². The van der Waals surface area contributed by atoms with E-state index in [1.165, 1.54) is 23.2 Å². The SMILES string of the molecule is CCN(/N=C/c1ccc(C2=NCC(c3cc(Cl)cc(Cl)c3)(C(F)(F)F)C2)cc1C)C(N)=S. The molecule has 4 nitrogen and oxygen atoms in total. The van der Waals surface area contributed by atoms with Gasteiger partial charge in [-0.1, -0.05) is 35.3 Å². The lowest BCUT2D eigenvalue weighted by Crippen LogP contribution is -2.43. The lowest BCUT2D eigenvalue weighted by molar-refractivity contribution is -0.183. The molecule has 3 rings (SSSR count). The lowest BCUT2D eigenvalue weighted by atomic mass is 9.76. The van der Waals surface area contributed by atoms with E-state index in [2.05, 4.69) is 10.1 Å². The Labute approximate surface area is 199 Å². The van der Waals surface area contributed by atoms with E-state index in [1.807, 2.05) is 13.8 Å². The molecule has 2 aromatic carbocycles. The molecule has 0 bridgehead atoms. The van der Waals surface area contributed by atoms with Crippen molar-refractivity contribution in [2.24, 2.45) is 15.8 Å². The maximum absolute atomic E-state index is 14.3. The van der Waals surface area contributed by atoms with E-state index in [0.29, 0.717) is 17.8 Å². The second kappa shape index (κ2) is 9.37. The summed E-state index contributed by atoms with van der Waals surface area (Å²) in [7, 11) is 0. The fraction of sp³-hybridized carbons (Fsp3) is 0.318. The van der Waals surface area contributed by atoms with E-state index >= 15 is 0 Å². The van der Waals surface area contributed by atoms with Crippen LogP contribution in [0.3, 0.4) is 0 Å². The standard InChI is InChI=1S/C22H21Cl2F3N4S/c1-3-31(20(28)32)30-11-15-5-4-14(6-13(15)2)19-10-21(12-29-19,22(25,26)27)16-7-17(23)9-18(24)8-16/h4-9,11H,3,10,12H2,1-2H3,(H2,28,32)/b30-11+. The van der Waals surface area contributed by atoms with Crippen molar-refractivity contribution in [1.29, 1.82) is 0 Å². The predicted octanol–water partition coefficient (Wildman–Crippen LogP) is 5.89. The van der Waals surface area contributed by atoms with Crippen molar-refractivity contribution in [1.82, 2.24) is 5.01 Å². The van der Waals surface area contributed by atoms with Crippen molar-refractivity contribution in [3.8, 4) is 0 Å². The molecule has 32 heavy (non-hydrogen) atoms. The molecule has 1 atom stereocenters. The highest BCUT2D eigenvalue weighted by atomic mass is 35.5. The Morgan fingerprint density at radius 2 is 1.91 bits per heavy atom. The van der Waals surface area contributed by atoms with Gasteiger partial charge in [0.05, 0.1) is 12.8 Å². The number of thiocarbonyl (C=S) groups is 1. The van der Waals surface area contributed by atoms with E-state index in [4.69, 9.17) is 41.2 Å². The average Bonchev–Trinajstić information content (AvgIpc) is 3.15. The molecule has 2 N–H and O–H groups in total. The second-order valence-corrected chi connectivity index (χ2v) is 8.84. The first-order valence-corrected chi connectivity index (χ1v) is 10.9. The third-order valence-corrected chi connectivity index (χ3v) is 6.11. The smallest absolute Gasteiger partial charge is 0.375 e. The molecular formula is C22H21Cl2F3N4S. The van der Waals surface area contributed by atoms with Gasteiger partial charge in [-0.05, 0) is 72.6 Å². The molecule has 10 heteroatoms. The molecule has 0 aliphatic carbocycles. The summed E-state index contributed by atoms with van der Waals surface area (Å²) in [5.41, 5.74) is 6.08. The van der Waals surface area contributed by atoms with Crippen molar-refractivity contribution in [3.63, 3.8) is 0 Å². The molecule has 1 aliphatic rings. The zero-order chi connectivity index (χ0) is 23.7. The first kappa shape index (κ1) is 24.5. The summed E-state index contributed by atoms with van der Waals surface area (Å²) in [4.78, 5) is 4.28. The first-order valence-electron chi connectivity index (χ1n) is 9.75. The molecule has 1 aliphatic heterocycles. The van der Waals surface area contributed by atoms with Crippen molar-refractivity contribution >= 4 is 52.5 Å². The second-order valence-electron chi connectivity index (χ2n) is 7.55. The zero-order valence-electron chi connectivity index (χ0n) is 17.4. The predicted molar refractivity (Wildman–Crippen MR) is 128 cm³/mol. The van der Waals surface area contributed by atoms with Crippen LogP contribution in [0.15, 0.2) is 46.5 Å². The van der Waals surface area contributed by atoms with Crippen LogP contribution >= 0.6 is 35.4 Å². The Bertz CT molecular complexity index is 1080. The largest absolute Gasteiger partial charge is 0.400 e. The van der Waals surface area contributed by atoms with Crippen LogP contribution in [0.2, 0.25) is 10.0 Å². The molecule has 1 unspecified atom stereocenters. The number of hydrogen-bond donors (Lipinski definition) is 1. The van der Waals surface area contributed by atoms with Gasteiger partial charge in [0.1, 0.15) is 5.41 Å². The quantitative estimate of drug-likeness (QED) is 0.316. The summed E-state index contributed by atoms with van der Waals surface area (Å²) < 4.78 is 42.8. The molecule has 0 fully saturated rings. The molecule has 2 aromatic rings. The molecule has 1 heterocycles. The van der Waals surface area contributed by atoms with Gasteiger partial charge in [-0.25, -0.2) is 5.01 Å². The van der Waals surface area contributed by atoms with Crippen LogP contribution in [-0.4, -0.2) is 41.3 Å². The van der Waals surface area contributed by atoms with E-state index < -0.39 is 18.1 Å². The Morgan fingerprint density at radius 3 is 2.44 bits per heavy atom. The number of rotatable bonds is 5. The number of benzene rings is 2. The number of aryl methyl sites for hydroxylation is 1. The van der Waals surface area contributed by atoms with Gasteiger partial charge in [0.25, 0.3) is 0 Å². The van der Waals surface area contributed by atoms with Gasteiger partial charge < -0.3 is 5.73 Å². The minimum absolute atomic E-state index is 0.0131. The highest BCUT2D eigenvalue weighted by Gasteiger charge is 2.58. The van der Waals surface area contributed by atoms with Crippen molar-refractivity contribution < 1.29 is 13.2 Å². The normalized spacial score (nSPS) is 18.8. The summed E-state index contributed by atoms with van der Waals surface area (Å²) in [5, 5.41) is 6.18. The average molecular weight is 501 g/mol. The summed E-state index contributed by atoms with van der Waals surface area (Å²) in [6, 6.07) is 9.36. The summed E-state index contributed by atoms with van der Waals surface area (Å²) >= 11 is 16.9. The number of nitrogens with two attached hydrogens (primary N) is 1. The van der Waals surface area contributed by atoms with Crippen LogP contribution in [0.4, 0.5) is 13.2 Å². The molecule has 0 saturated heterocycles. The molecule has 0 saturated carbocycles. The Hall–Kier alpha value is -2.16. The van der Waals surface area contributed by atoms with Crippen LogP contribution in [0.5, 0.6) is 0 Å². The third-order valence-electron chi connectivity index (χ3n) is 5.46. The highest BCUT2D eigenvalue weighted by Crippen LogP contribution is 2.48. The van der Waals surface area contributed by atoms with Crippen molar-refractivity contribution in [2.75, 3.05) is 13.1 Å². The molecule has 0 amide bonds. The summed E-state index contributed by atoms with van der Waals surface area (Å²) in [5.74, 6) is 0. The Morgan fingerprint density at radius 1 is 1.25 bits per heavy atom. The van der Waals surface area contributed by atoms with Gasteiger partial charge in [-0.2, -0.15) is 18.3 Å². The molecule has 0 aromatic heterocycles. The zero-order valence-corrected chi connectivity index (χ0v) is 19.7. The topological polar surface area (TPSA) is 54.0 Å². The highest BCUT2D eigenvalue weighted by molar-refractivity contribution is 7.80. The lowest BCUT2D eigenvalue weighted by Gasteiger charge is -2.31. The minimum Gasteiger partial charge on any atom is -0.375 e. The molecule has 0 radical (unpaired) electrons. The van der Waals surface area contributed by atoms with E-state index in [1.54, 1.807) is 24.4 Å². The van der Waals surface area contributed by atoms with Crippen molar-refractivity contribution in [2.45, 2.75) is 31.9 Å². The number of nitrogens with zero attached hydrogens (tertiary/aromatic N) is 3. The minimum atomic E-state index is -4.53. The van der Waals surface area contributed by atoms with Crippen molar-refractivity contribution in [3.05, 3.63) is 68.7 Å². The summed E-state index contributed by atoms with van der Waals surface area (Å²) in [6.07, 6.45) is -3.21. The Balaban J connectivity index is 1.91. The number of hydrazone groups is 1. The molecule has 170 valence electrons. The van der Waals surface area contributed by atoms with Crippen LogP contribution in [0, 0.1) is 6.92 Å². The van der Waals surface area contributed by atoms with Crippen LogP contribution < -0.4 is 5.73 Å². The monoisotopic (exact) mass is 500 g/mol. The van der Waals surface area contributed by atoms with Gasteiger partial charge in [0, 0.05) is 28.7 Å². The van der Waals surface area contributed by atoms with Gasteiger partial charge in [0.2, 0.25) is 0 Å². The fourth-order valence-corrected chi connectivity index (χ4v) is 4.33.